The van der Waals surface area contributed by atoms with Crippen LogP contribution in [0.3, 0.4) is 0 Å². The number of carboxylic acids is 1. The smallest absolute Gasteiger partial charge is 0.301 e. The van der Waals surface area contributed by atoms with E-state index >= 15 is 0 Å². The molecule has 0 fully saturated rings. The zero-order valence-corrected chi connectivity index (χ0v) is 8.45. The van der Waals surface area contributed by atoms with Gasteiger partial charge < -0.3 is 9.90 Å². The Balaban J connectivity index is 4.01. The number of aliphatic carboxylic acids is 1. The maximum atomic E-state index is 12.2. The molecule has 0 atom stereocenters. The Morgan fingerprint density at radius 3 is 2.08 bits per heavy atom. The number of carbonyl (C=O) groups is 1. The van der Waals surface area contributed by atoms with Crippen molar-refractivity contribution in [3.63, 3.8) is 0 Å². The van der Waals surface area contributed by atoms with Crippen LogP contribution in [0.25, 0.3) is 0 Å². The molecule has 0 bridgehead atoms. The molecule has 0 aliphatic carbocycles. The summed E-state index contributed by atoms with van der Waals surface area (Å²) in [6.07, 6.45) is -0.623. The van der Waals surface area contributed by atoms with Crippen LogP contribution in [0, 0.1) is 5.41 Å². The maximum absolute atomic E-state index is 12.2. The van der Waals surface area contributed by atoms with Crippen LogP contribution in [0.1, 0.15) is 26.7 Å². The van der Waals surface area contributed by atoms with Crippen LogP contribution in [0.15, 0.2) is 0 Å². The lowest BCUT2D eigenvalue weighted by molar-refractivity contribution is -0.318. The minimum Gasteiger partial charge on any atom is -0.550 e. The van der Waals surface area contributed by atoms with E-state index in [1.165, 1.54) is 13.8 Å². The number of hydrogen-bond donors (Lipinski definition) is 0. The van der Waals surface area contributed by atoms with Gasteiger partial charge >= 0.3 is 4.83 Å². The molecule has 0 aromatic heterocycles. The van der Waals surface area contributed by atoms with Gasteiger partial charge in [0.15, 0.2) is 0 Å². The molecule has 0 spiro atoms. The van der Waals surface area contributed by atoms with Crippen molar-refractivity contribution in [3.8, 4) is 0 Å². The molecule has 0 aliphatic heterocycles. The van der Waals surface area contributed by atoms with Gasteiger partial charge in [-0.1, -0.05) is 13.8 Å². The molecule has 0 heterocycles. The summed E-state index contributed by atoms with van der Waals surface area (Å²) in [7, 11) is 0. The summed E-state index contributed by atoms with van der Waals surface area (Å²) in [6, 6.07) is 0. The van der Waals surface area contributed by atoms with Crippen molar-refractivity contribution < 1.29 is 18.7 Å². The summed E-state index contributed by atoms with van der Waals surface area (Å²) >= 11 is 2.13. The molecule has 0 N–H and O–H groups in total. The van der Waals surface area contributed by atoms with Crippen LogP contribution in [0.2, 0.25) is 0 Å². The molecular weight excluding hydrogens is 234 g/mol. The minimum atomic E-state index is -2.99. The van der Waals surface area contributed by atoms with E-state index in [2.05, 4.69) is 15.9 Å². The highest BCUT2D eigenvalue weighted by Gasteiger charge is 2.29. The normalized spacial score (nSPS) is 13.1. The molecule has 0 radical (unpaired) electrons. The Bertz CT molecular complexity index is 175. The van der Waals surface area contributed by atoms with Gasteiger partial charge in [0.25, 0.3) is 0 Å². The molecule has 0 unspecified atom stereocenters. The lowest BCUT2D eigenvalue weighted by Gasteiger charge is -2.26. The first-order chi connectivity index (χ1) is 5.15. The van der Waals surface area contributed by atoms with Crippen molar-refractivity contribution in [2.45, 2.75) is 31.5 Å². The van der Waals surface area contributed by atoms with Crippen molar-refractivity contribution in [1.29, 1.82) is 0 Å². The Labute approximate surface area is 78.1 Å². The van der Waals surface area contributed by atoms with Gasteiger partial charge in [0.1, 0.15) is 0 Å². The Hall–Kier alpha value is -0.190. The van der Waals surface area contributed by atoms with Crippen molar-refractivity contribution in [2.75, 3.05) is 0 Å². The standard InChI is InChI=1S/C7H11BrF2O2/c1-6(2,5(11)12)3-4-7(8,9)10/h3-4H2,1-2H3,(H,11,12)/p-1. The van der Waals surface area contributed by atoms with Crippen molar-refractivity contribution in [1.82, 2.24) is 0 Å². The van der Waals surface area contributed by atoms with Crippen LogP contribution in [0.5, 0.6) is 0 Å². The zero-order valence-electron chi connectivity index (χ0n) is 6.86. The van der Waals surface area contributed by atoms with Crippen molar-refractivity contribution in [3.05, 3.63) is 0 Å². The number of hydrogen-bond acceptors (Lipinski definition) is 2. The molecule has 0 amide bonds. The maximum Gasteiger partial charge on any atom is 0.301 e. The minimum absolute atomic E-state index is 0.117. The molecule has 0 saturated carbocycles. The highest BCUT2D eigenvalue weighted by molar-refractivity contribution is 9.09. The second kappa shape index (κ2) is 3.68. The second-order valence-corrected chi connectivity index (χ2v) is 4.45. The van der Waals surface area contributed by atoms with Gasteiger partial charge in [0, 0.05) is 17.8 Å². The largest absolute Gasteiger partial charge is 0.550 e. The third-order valence-corrected chi connectivity index (χ3v) is 1.98. The summed E-state index contributed by atoms with van der Waals surface area (Å²) in [5.74, 6) is -1.31. The van der Waals surface area contributed by atoms with E-state index in [4.69, 9.17) is 0 Å². The predicted molar refractivity (Wildman–Crippen MR) is 41.9 cm³/mol. The summed E-state index contributed by atoms with van der Waals surface area (Å²) in [6.45, 7) is 2.72. The van der Waals surface area contributed by atoms with Gasteiger partial charge in [-0.15, -0.1) is 0 Å². The van der Waals surface area contributed by atoms with Crippen molar-refractivity contribution in [2.24, 2.45) is 5.41 Å². The van der Waals surface area contributed by atoms with Gasteiger partial charge in [0.2, 0.25) is 0 Å². The van der Waals surface area contributed by atoms with Crippen molar-refractivity contribution >= 4 is 21.9 Å². The Morgan fingerprint density at radius 1 is 1.42 bits per heavy atom. The van der Waals surface area contributed by atoms with Crippen LogP contribution in [-0.2, 0) is 4.79 Å². The fourth-order valence-corrected chi connectivity index (χ4v) is 0.755. The van der Waals surface area contributed by atoms with Gasteiger partial charge in [-0.05, 0) is 22.4 Å². The van der Waals surface area contributed by atoms with E-state index < -0.39 is 22.6 Å². The molecule has 2 nitrogen and oxygen atoms in total. The monoisotopic (exact) mass is 243 g/mol. The molecule has 72 valence electrons. The lowest BCUT2D eigenvalue weighted by atomic mass is 9.88. The first-order valence-electron chi connectivity index (χ1n) is 3.43. The van der Waals surface area contributed by atoms with Gasteiger partial charge in [-0.2, -0.15) is 8.78 Å². The third-order valence-electron chi connectivity index (χ3n) is 1.59. The van der Waals surface area contributed by atoms with Gasteiger partial charge in [0.05, 0.1) is 0 Å². The van der Waals surface area contributed by atoms with E-state index in [0.29, 0.717) is 0 Å². The molecule has 0 rings (SSSR count). The molecule has 5 heteroatoms. The first-order valence-corrected chi connectivity index (χ1v) is 4.23. The molecule has 12 heavy (non-hydrogen) atoms. The lowest BCUT2D eigenvalue weighted by Crippen LogP contribution is -2.38. The van der Waals surface area contributed by atoms with E-state index in [1.54, 1.807) is 0 Å². The van der Waals surface area contributed by atoms with E-state index in [1.807, 2.05) is 0 Å². The molecule has 0 aromatic carbocycles. The molecule has 0 aliphatic rings. The second-order valence-electron chi connectivity index (χ2n) is 3.29. The molecule has 0 aromatic rings. The average Bonchev–Trinajstić information content (AvgIpc) is 1.82. The van der Waals surface area contributed by atoms with Crippen LogP contribution in [0.4, 0.5) is 8.78 Å². The van der Waals surface area contributed by atoms with Crippen LogP contribution in [-0.4, -0.2) is 10.8 Å². The summed E-state index contributed by atoms with van der Waals surface area (Å²) in [5.41, 5.74) is -1.20. The van der Waals surface area contributed by atoms with Crippen LogP contribution >= 0.6 is 15.9 Å². The highest BCUT2D eigenvalue weighted by Crippen LogP contribution is 2.33. The molecule has 0 saturated heterocycles. The Morgan fingerprint density at radius 2 is 1.83 bits per heavy atom. The molecular formula is C7H10BrF2O2-. The topological polar surface area (TPSA) is 40.1 Å². The fraction of sp³-hybridized carbons (Fsp3) is 0.857. The van der Waals surface area contributed by atoms with Crippen LogP contribution < -0.4 is 5.11 Å². The van der Waals surface area contributed by atoms with E-state index in [0.717, 1.165) is 0 Å². The first kappa shape index (κ1) is 11.8. The SMILES string of the molecule is CC(C)(CCC(F)(F)Br)C(=O)[O-]. The van der Waals surface area contributed by atoms with Gasteiger partial charge in [-0.3, -0.25) is 0 Å². The summed E-state index contributed by atoms with van der Waals surface area (Å²) in [5, 5.41) is 10.4. The quantitative estimate of drug-likeness (QED) is 0.703. The number of halogens is 3. The van der Waals surface area contributed by atoms with Gasteiger partial charge in [-0.25, -0.2) is 0 Å². The fourth-order valence-electron chi connectivity index (χ4n) is 0.556. The number of carboxylic acid groups (broad SMARTS) is 1. The number of carbonyl (C=O) groups excluding carboxylic acids is 1. The number of rotatable bonds is 4. The number of alkyl halides is 3. The average molecular weight is 244 g/mol. The summed E-state index contributed by atoms with van der Waals surface area (Å²) < 4.78 is 24.4. The third kappa shape index (κ3) is 4.64. The Kier molecular flexibility index (Phi) is 3.62. The van der Waals surface area contributed by atoms with E-state index in [-0.39, 0.29) is 6.42 Å². The van der Waals surface area contributed by atoms with E-state index in [9.17, 15) is 18.7 Å². The summed E-state index contributed by atoms with van der Waals surface area (Å²) in [4.78, 5) is 7.38. The highest BCUT2D eigenvalue weighted by atomic mass is 79.9. The zero-order chi connectivity index (χ0) is 9.99. The predicted octanol–water partition coefficient (Wildman–Crippen LogP) is 1.53.